The largest absolute Gasteiger partial charge is 0.495 e. The van der Waals surface area contributed by atoms with Crippen molar-refractivity contribution < 1.29 is 9.53 Å². The maximum atomic E-state index is 11.9. The summed E-state index contributed by atoms with van der Waals surface area (Å²) in [6.07, 6.45) is 1.99. The Labute approximate surface area is 156 Å². The summed E-state index contributed by atoms with van der Waals surface area (Å²) in [5.41, 5.74) is 3.53. The van der Waals surface area contributed by atoms with E-state index in [2.05, 4.69) is 15.6 Å². The second-order valence-electron chi connectivity index (χ2n) is 6.21. The Bertz CT molecular complexity index is 934. The molecule has 4 rings (SSSR count). The average molecular weight is 365 g/mol. The number of ether oxygens (including phenoxy) is 1. The molecule has 1 aliphatic rings. The molecule has 2 N–H and O–H groups in total. The van der Waals surface area contributed by atoms with Crippen molar-refractivity contribution >= 4 is 33.8 Å². The predicted octanol–water partition coefficient (Wildman–Crippen LogP) is 4.91. The number of aromatic nitrogens is 1. The summed E-state index contributed by atoms with van der Waals surface area (Å²) in [5, 5.41) is 9.06. The predicted molar refractivity (Wildman–Crippen MR) is 105 cm³/mol. The minimum absolute atomic E-state index is 0.110. The van der Waals surface area contributed by atoms with Gasteiger partial charge in [0, 0.05) is 22.5 Å². The quantitative estimate of drug-likeness (QED) is 0.651. The van der Waals surface area contributed by atoms with Crippen LogP contribution in [0.3, 0.4) is 0 Å². The Hall–Kier alpha value is -2.86. The molecule has 0 bridgehead atoms. The van der Waals surface area contributed by atoms with E-state index < -0.39 is 0 Å². The van der Waals surface area contributed by atoms with Gasteiger partial charge in [0.15, 0.2) is 5.13 Å². The van der Waals surface area contributed by atoms with Crippen LogP contribution in [0.4, 0.5) is 16.5 Å². The SMILES string of the molecule is COc1ccccc1Nc1nc(-c2cccc(NC(=O)C3CC3)c2)cs1. The summed E-state index contributed by atoms with van der Waals surface area (Å²) >= 11 is 1.53. The zero-order valence-electron chi connectivity index (χ0n) is 14.4. The molecule has 2 aromatic carbocycles. The van der Waals surface area contributed by atoms with Gasteiger partial charge in [-0.3, -0.25) is 4.79 Å². The molecule has 0 unspecified atom stereocenters. The Morgan fingerprint density at radius 1 is 1.19 bits per heavy atom. The molecular weight excluding hydrogens is 346 g/mol. The van der Waals surface area contributed by atoms with E-state index >= 15 is 0 Å². The van der Waals surface area contributed by atoms with E-state index in [1.165, 1.54) is 11.3 Å². The van der Waals surface area contributed by atoms with E-state index in [1.807, 2.05) is 53.9 Å². The Morgan fingerprint density at radius 2 is 2.04 bits per heavy atom. The summed E-state index contributed by atoms with van der Waals surface area (Å²) < 4.78 is 5.36. The maximum Gasteiger partial charge on any atom is 0.227 e. The summed E-state index contributed by atoms with van der Waals surface area (Å²) in [7, 11) is 1.65. The van der Waals surface area contributed by atoms with E-state index in [4.69, 9.17) is 4.74 Å². The molecule has 3 aromatic rings. The molecule has 1 amide bonds. The molecule has 132 valence electrons. The molecule has 0 atom stereocenters. The van der Waals surface area contributed by atoms with Crippen LogP contribution in [0, 0.1) is 5.92 Å². The third-order valence-electron chi connectivity index (χ3n) is 4.23. The summed E-state index contributed by atoms with van der Waals surface area (Å²) in [6, 6.07) is 15.5. The van der Waals surface area contributed by atoms with E-state index in [0.29, 0.717) is 0 Å². The van der Waals surface area contributed by atoms with Crippen molar-refractivity contribution in [2.45, 2.75) is 12.8 Å². The van der Waals surface area contributed by atoms with Crippen LogP contribution >= 0.6 is 11.3 Å². The van der Waals surface area contributed by atoms with Gasteiger partial charge in [-0.1, -0.05) is 24.3 Å². The van der Waals surface area contributed by atoms with Crippen LogP contribution in [0.2, 0.25) is 0 Å². The number of hydrogen-bond donors (Lipinski definition) is 2. The van der Waals surface area contributed by atoms with Crippen molar-refractivity contribution in [1.29, 1.82) is 0 Å². The van der Waals surface area contributed by atoms with Crippen molar-refractivity contribution in [1.82, 2.24) is 4.98 Å². The van der Waals surface area contributed by atoms with Crippen LogP contribution < -0.4 is 15.4 Å². The van der Waals surface area contributed by atoms with Crippen molar-refractivity contribution in [3.63, 3.8) is 0 Å². The van der Waals surface area contributed by atoms with Gasteiger partial charge >= 0.3 is 0 Å². The van der Waals surface area contributed by atoms with Gasteiger partial charge in [0.1, 0.15) is 5.75 Å². The average Bonchev–Trinajstić information content (AvgIpc) is 3.42. The van der Waals surface area contributed by atoms with Crippen LogP contribution in [0.15, 0.2) is 53.9 Å². The van der Waals surface area contributed by atoms with Crippen LogP contribution in [-0.2, 0) is 4.79 Å². The second kappa shape index (κ2) is 7.17. The molecule has 0 spiro atoms. The standard InChI is InChI=1S/C20H19N3O2S/c1-25-18-8-3-2-7-16(18)22-20-23-17(12-26-20)14-5-4-6-15(11-14)21-19(24)13-9-10-13/h2-8,11-13H,9-10H2,1H3,(H,21,24)(H,22,23). The molecule has 0 aliphatic heterocycles. The lowest BCUT2D eigenvalue weighted by Crippen LogP contribution is -2.13. The van der Waals surface area contributed by atoms with Crippen molar-refractivity contribution in [2.24, 2.45) is 5.92 Å². The molecule has 6 heteroatoms. The lowest BCUT2D eigenvalue weighted by Gasteiger charge is -2.08. The molecule has 1 fully saturated rings. The number of nitrogens with one attached hydrogen (secondary N) is 2. The first-order valence-electron chi connectivity index (χ1n) is 8.50. The fourth-order valence-corrected chi connectivity index (χ4v) is 3.40. The number of anilines is 3. The lowest BCUT2D eigenvalue weighted by molar-refractivity contribution is -0.117. The van der Waals surface area contributed by atoms with Crippen LogP contribution in [-0.4, -0.2) is 18.0 Å². The highest BCUT2D eigenvalue weighted by atomic mass is 32.1. The highest BCUT2D eigenvalue weighted by Gasteiger charge is 2.29. The number of benzene rings is 2. The van der Waals surface area contributed by atoms with Crippen LogP contribution in [0.25, 0.3) is 11.3 Å². The first-order valence-corrected chi connectivity index (χ1v) is 9.38. The number of methoxy groups -OCH3 is 1. The van der Waals surface area contributed by atoms with Crippen molar-refractivity contribution in [3.8, 4) is 17.0 Å². The number of hydrogen-bond acceptors (Lipinski definition) is 5. The van der Waals surface area contributed by atoms with Gasteiger partial charge in [0.2, 0.25) is 5.91 Å². The highest BCUT2D eigenvalue weighted by Crippen LogP contribution is 2.33. The van der Waals surface area contributed by atoms with Gasteiger partial charge < -0.3 is 15.4 Å². The van der Waals surface area contributed by atoms with Gasteiger partial charge in [-0.15, -0.1) is 11.3 Å². The number of carbonyl (C=O) groups is 1. The fraction of sp³-hybridized carbons (Fsp3) is 0.200. The topological polar surface area (TPSA) is 63.2 Å². The van der Waals surface area contributed by atoms with Gasteiger partial charge in [-0.2, -0.15) is 0 Å². The van der Waals surface area contributed by atoms with Gasteiger partial charge in [0.25, 0.3) is 0 Å². The number of carbonyl (C=O) groups excluding carboxylic acids is 1. The fourth-order valence-electron chi connectivity index (χ4n) is 2.67. The highest BCUT2D eigenvalue weighted by molar-refractivity contribution is 7.14. The first kappa shape index (κ1) is 16.6. The van der Waals surface area contributed by atoms with Gasteiger partial charge in [-0.25, -0.2) is 4.98 Å². The Morgan fingerprint density at radius 3 is 2.85 bits per heavy atom. The minimum Gasteiger partial charge on any atom is -0.495 e. The molecule has 0 saturated heterocycles. The molecule has 1 heterocycles. The molecule has 0 radical (unpaired) electrons. The molecule has 1 aromatic heterocycles. The van der Waals surface area contributed by atoms with Gasteiger partial charge in [0.05, 0.1) is 18.5 Å². The smallest absolute Gasteiger partial charge is 0.227 e. The van der Waals surface area contributed by atoms with E-state index in [-0.39, 0.29) is 11.8 Å². The Kier molecular flexibility index (Phi) is 4.58. The normalized spacial score (nSPS) is 13.3. The molecule has 26 heavy (non-hydrogen) atoms. The van der Waals surface area contributed by atoms with E-state index in [9.17, 15) is 4.79 Å². The van der Waals surface area contributed by atoms with Crippen molar-refractivity contribution in [3.05, 3.63) is 53.9 Å². The third kappa shape index (κ3) is 3.70. The van der Waals surface area contributed by atoms with E-state index in [1.54, 1.807) is 7.11 Å². The number of nitrogens with zero attached hydrogens (tertiary/aromatic N) is 1. The number of amides is 1. The molecule has 5 nitrogen and oxygen atoms in total. The summed E-state index contributed by atoms with van der Waals surface area (Å²) in [5.74, 6) is 1.07. The monoisotopic (exact) mass is 365 g/mol. The lowest BCUT2D eigenvalue weighted by atomic mass is 10.1. The number of para-hydroxylation sites is 2. The van der Waals surface area contributed by atoms with Crippen LogP contribution in [0.1, 0.15) is 12.8 Å². The Balaban J connectivity index is 1.51. The third-order valence-corrected chi connectivity index (χ3v) is 4.98. The number of rotatable bonds is 6. The van der Waals surface area contributed by atoms with E-state index in [0.717, 1.165) is 46.4 Å². The van der Waals surface area contributed by atoms with Crippen LogP contribution in [0.5, 0.6) is 5.75 Å². The molecular formula is C20H19N3O2S. The van der Waals surface area contributed by atoms with Gasteiger partial charge in [-0.05, 0) is 37.1 Å². The zero-order chi connectivity index (χ0) is 17.9. The second-order valence-corrected chi connectivity index (χ2v) is 7.07. The summed E-state index contributed by atoms with van der Waals surface area (Å²) in [6.45, 7) is 0. The minimum atomic E-state index is 0.110. The zero-order valence-corrected chi connectivity index (χ0v) is 15.2. The number of thiazole rings is 1. The maximum absolute atomic E-state index is 11.9. The molecule has 1 aliphatic carbocycles. The summed E-state index contributed by atoms with van der Waals surface area (Å²) in [4.78, 5) is 16.6. The van der Waals surface area contributed by atoms with Crippen molar-refractivity contribution in [2.75, 3.05) is 17.7 Å². The first-order chi connectivity index (χ1) is 12.7. The molecule has 1 saturated carbocycles.